The molecule has 2 aliphatic rings. The summed E-state index contributed by atoms with van der Waals surface area (Å²) in [4.78, 5) is 15.6. The molecule has 0 unspecified atom stereocenters. The molecule has 0 fully saturated rings. The van der Waals surface area contributed by atoms with Crippen LogP contribution >= 0.6 is 11.3 Å². The fourth-order valence-electron chi connectivity index (χ4n) is 10.8. The summed E-state index contributed by atoms with van der Waals surface area (Å²) in [7, 11) is 0. The lowest BCUT2D eigenvalue weighted by Gasteiger charge is -2.32. The van der Waals surface area contributed by atoms with Gasteiger partial charge in [0.25, 0.3) is 0 Å². The molecule has 0 bridgehead atoms. The summed E-state index contributed by atoms with van der Waals surface area (Å²) >= 11 is 1.80. The average molecular weight is 820 g/mol. The van der Waals surface area contributed by atoms with Crippen LogP contribution < -0.4 is 0 Å². The molecule has 0 saturated carbocycles. The highest BCUT2D eigenvalue weighted by atomic mass is 32.1. The van der Waals surface area contributed by atoms with Crippen molar-refractivity contribution in [1.29, 1.82) is 0 Å². The van der Waals surface area contributed by atoms with Crippen LogP contribution in [0.25, 0.3) is 110 Å². The predicted molar refractivity (Wildman–Crippen MR) is 258 cm³/mol. The highest BCUT2D eigenvalue weighted by Crippen LogP contribution is 2.64. The Morgan fingerprint density at radius 2 is 0.921 bits per heavy atom. The normalized spacial score (nSPS) is 13.2. The number of rotatable bonds is 4. The molecule has 0 amide bonds. The molecule has 3 heterocycles. The van der Waals surface area contributed by atoms with Crippen molar-refractivity contribution in [3.8, 4) is 67.5 Å². The minimum absolute atomic E-state index is 0.470. The Balaban J connectivity index is 0.992. The first-order valence-corrected chi connectivity index (χ1v) is 22.2. The maximum absolute atomic E-state index is 6.67. The molecule has 14 rings (SSSR count). The van der Waals surface area contributed by atoms with E-state index in [0.29, 0.717) is 17.5 Å². The molecule has 0 saturated heterocycles. The Kier molecular flexibility index (Phi) is 7.16. The first kappa shape index (κ1) is 34.7. The van der Waals surface area contributed by atoms with Crippen LogP contribution in [-0.4, -0.2) is 15.0 Å². The third-order valence-electron chi connectivity index (χ3n) is 13.4. The number of aromatic nitrogens is 3. The molecular formula is C58H33N3OS. The summed E-state index contributed by atoms with van der Waals surface area (Å²) in [5.74, 6) is 1.85. The van der Waals surface area contributed by atoms with Crippen molar-refractivity contribution in [3.63, 3.8) is 0 Å². The number of hydrogen-bond acceptors (Lipinski definition) is 5. The third kappa shape index (κ3) is 4.83. The average Bonchev–Trinajstić information content (AvgIpc) is 4.09. The second-order valence-electron chi connectivity index (χ2n) is 16.6. The van der Waals surface area contributed by atoms with Crippen LogP contribution in [0.2, 0.25) is 0 Å². The quantitative estimate of drug-likeness (QED) is 0.177. The van der Waals surface area contributed by atoms with E-state index >= 15 is 0 Å². The van der Waals surface area contributed by atoms with E-state index < -0.39 is 5.41 Å². The fraction of sp³-hybridized carbons (Fsp3) is 0.0172. The van der Waals surface area contributed by atoms with E-state index in [-0.39, 0.29) is 0 Å². The molecular weight excluding hydrogens is 787 g/mol. The maximum atomic E-state index is 6.67. The molecule has 4 nitrogen and oxygen atoms in total. The lowest BCUT2D eigenvalue weighted by molar-refractivity contribution is 0.669. The summed E-state index contributed by atoms with van der Waals surface area (Å²) in [6.45, 7) is 0. The van der Waals surface area contributed by atoms with E-state index in [9.17, 15) is 0 Å². The van der Waals surface area contributed by atoms with Crippen LogP contribution in [0.15, 0.2) is 205 Å². The van der Waals surface area contributed by atoms with Crippen LogP contribution in [0.1, 0.15) is 22.3 Å². The summed E-state index contributed by atoms with van der Waals surface area (Å²) < 4.78 is 9.14. The molecule has 2 aliphatic carbocycles. The fourth-order valence-corrected chi connectivity index (χ4v) is 11.9. The van der Waals surface area contributed by atoms with Gasteiger partial charge in [-0.2, -0.15) is 0 Å². The van der Waals surface area contributed by atoms with Crippen molar-refractivity contribution in [1.82, 2.24) is 15.0 Å². The molecule has 3 aromatic heterocycles. The van der Waals surface area contributed by atoms with Gasteiger partial charge in [0.2, 0.25) is 0 Å². The summed E-state index contributed by atoms with van der Waals surface area (Å²) in [6, 6.07) is 72.0. The largest absolute Gasteiger partial charge is 0.456 e. The number of furan rings is 1. The topological polar surface area (TPSA) is 51.8 Å². The Bertz CT molecular complexity index is 3820. The Morgan fingerprint density at radius 3 is 1.70 bits per heavy atom. The van der Waals surface area contributed by atoms with Crippen LogP contribution in [0.4, 0.5) is 0 Å². The zero-order chi connectivity index (χ0) is 41.2. The summed E-state index contributed by atoms with van der Waals surface area (Å²) in [5, 5.41) is 4.50. The number of hydrogen-bond donors (Lipinski definition) is 0. The highest BCUT2D eigenvalue weighted by molar-refractivity contribution is 7.25. The summed E-state index contributed by atoms with van der Waals surface area (Å²) in [5.41, 5.74) is 16.7. The van der Waals surface area contributed by atoms with Crippen LogP contribution in [-0.2, 0) is 5.41 Å². The zero-order valence-electron chi connectivity index (χ0n) is 33.7. The van der Waals surface area contributed by atoms with Crippen molar-refractivity contribution in [2.75, 3.05) is 0 Å². The third-order valence-corrected chi connectivity index (χ3v) is 14.5. The molecule has 0 radical (unpaired) electrons. The second-order valence-corrected chi connectivity index (χ2v) is 17.7. The van der Waals surface area contributed by atoms with E-state index in [0.717, 1.165) is 44.2 Å². The van der Waals surface area contributed by atoms with Gasteiger partial charge in [0, 0.05) is 47.6 Å². The minimum Gasteiger partial charge on any atom is -0.456 e. The molecule has 292 valence electrons. The van der Waals surface area contributed by atoms with Gasteiger partial charge >= 0.3 is 0 Å². The first-order valence-electron chi connectivity index (χ1n) is 21.3. The van der Waals surface area contributed by atoms with Gasteiger partial charge in [-0.3, -0.25) is 0 Å². The van der Waals surface area contributed by atoms with Gasteiger partial charge in [0.05, 0.1) is 5.41 Å². The molecule has 12 aromatic rings. The van der Waals surface area contributed by atoms with Crippen molar-refractivity contribution in [3.05, 3.63) is 222 Å². The molecule has 0 aliphatic heterocycles. The lowest BCUT2D eigenvalue weighted by atomic mass is 9.68. The monoisotopic (exact) mass is 819 g/mol. The Labute approximate surface area is 366 Å². The van der Waals surface area contributed by atoms with E-state index in [4.69, 9.17) is 19.4 Å². The number of nitrogens with zero attached hydrogens (tertiary/aromatic N) is 3. The molecule has 1 spiro atoms. The lowest BCUT2D eigenvalue weighted by Crippen LogP contribution is -2.26. The van der Waals surface area contributed by atoms with Gasteiger partial charge < -0.3 is 4.42 Å². The van der Waals surface area contributed by atoms with E-state index in [1.54, 1.807) is 11.3 Å². The van der Waals surface area contributed by atoms with Crippen molar-refractivity contribution >= 4 is 53.4 Å². The van der Waals surface area contributed by atoms with Gasteiger partial charge in [0.15, 0.2) is 17.5 Å². The molecule has 0 atom stereocenters. The zero-order valence-corrected chi connectivity index (χ0v) is 34.5. The van der Waals surface area contributed by atoms with Gasteiger partial charge in [-0.15, -0.1) is 11.3 Å². The maximum Gasteiger partial charge on any atom is 0.164 e. The Morgan fingerprint density at radius 1 is 0.349 bits per heavy atom. The SMILES string of the molecule is c1ccc(-c2nc(-c3ccc4c(c3)sc3ccccc34)nc(-c3cccc4oc5ccc(-c6cccc7c6C6(c8ccccc8-c8ccccc86)c6ccccc6-7)cc5c34)n2)cc1. The van der Waals surface area contributed by atoms with E-state index in [2.05, 4.69) is 170 Å². The van der Waals surface area contributed by atoms with Gasteiger partial charge in [0.1, 0.15) is 11.2 Å². The minimum atomic E-state index is -0.470. The van der Waals surface area contributed by atoms with Gasteiger partial charge in [-0.05, 0) is 86.0 Å². The van der Waals surface area contributed by atoms with Gasteiger partial charge in [-0.1, -0.05) is 170 Å². The smallest absolute Gasteiger partial charge is 0.164 e. The van der Waals surface area contributed by atoms with Crippen molar-refractivity contribution < 1.29 is 4.42 Å². The number of thiophene rings is 1. The summed E-state index contributed by atoms with van der Waals surface area (Å²) in [6.07, 6.45) is 0. The van der Waals surface area contributed by atoms with Crippen molar-refractivity contribution in [2.24, 2.45) is 0 Å². The molecule has 5 heteroatoms. The predicted octanol–water partition coefficient (Wildman–Crippen LogP) is 15.2. The van der Waals surface area contributed by atoms with Crippen LogP contribution in [0, 0.1) is 0 Å². The van der Waals surface area contributed by atoms with E-state index in [1.807, 2.05) is 30.3 Å². The van der Waals surface area contributed by atoms with Crippen LogP contribution in [0.5, 0.6) is 0 Å². The van der Waals surface area contributed by atoms with Crippen molar-refractivity contribution in [2.45, 2.75) is 5.41 Å². The van der Waals surface area contributed by atoms with Gasteiger partial charge in [-0.25, -0.2) is 15.0 Å². The molecule has 0 N–H and O–H groups in total. The van der Waals surface area contributed by atoms with E-state index in [1.165, 1.54) is 70.2 Å². The number of fused-ring (bicyclic) bond motifs is 16. The second kappa shape index (κ2) is 13.0. The molecule has 9 aromatic carbocycles. The van der Waals surface area contributed by atoms with Crippen LogP contribution in [0.3, 0.4) is 0 Å². The first-order chi connectivity index (χ1) is 31.2. The highest BCUT2D eigenvalue weighted by Gasteiger charge is 2.52. The Hall–Kier alpha value is -7.99. The number of benzene rings is 9. The standard InChI is InChI=1S/C58H33N3OS/c1-2-14-34(15-3-1)55-59-56(36-28-30-42-41-19-7-11-27-51(41)63-52(42)33-36)61-57(60-55)44-22-13-26-50-53(44)45-32-35(29-31-49(45)62-50)37-20-12-21-43-40-18-6-10-25-48(40)58(54(37)43)46-23-8-4-16-38(46)39-17-5-9-24-47(39)58/h1-33H. The molecule has 63 heavy (non-hydrogen) atoms.